The lowest BCUT2D eigenvalue weighted by Crippen LogP contribution is -1.95. The molecule has 0 fully saturated rings. The van der Waals surface area contributed by atoms with Crippen LogP contribution < -0.4 is 5.32 Å². The highest BCUT2D eigenvalue weighted by atomic mass is 35.5. The summed E-state index contributed by atoms with van der Waals surface area (Å²) in [4.78, 5) is 4.09. The predicted octanol–water partition coefficient (Wildman–Crippen LogP) is 4.31. The minimum atomic E-state index is 0.264. The summed E-state index contributed by atoms with van der Waals surface area (Å²) in [6.07, 6.45) is 0. The summed E-state index contributed by atoms with van der Waals surface area (Å²) in [5.74, 6) is 0.491. The third kappa shape index (κ3) is 2.92. The van der Waals surface area contributed by atoms with Gasteiger partial charge in [-0.2, -0.15) is 5.26 Å². The molecule has 90 valence electrons. The van der Waals surface area contributed by atoms with Crippen LogP contribution in [0.3, 0.4) is 0 Å². The summed E-state index contributed by atoms with van der Waals surface area (Å²) in [6.45, 7) is 1.96. The molecule has 0 amide bonds. The number of anilines is 2. The molecule has 1 aromatic heterocycles. The number of benzene rings is 1. The summed E-state index contributed by atoms with van der Waals surface area (Å²) in [6, 6.07) is 10.8. The first kappa shape index (κ1) is 12.7. The van der Waals surface area contributed by atoms with Gasteiger partial charge in [0, 0.05) is 0 Å². The number of nitriles is 1. The van der Waals surface area contributed by atoms with Crippen molar-refractivity contribution >= 4 is 34.7 Å². The lowest BCUT2D eigenvalue weighted by molar-refractivity contribution is 1.29. The number of pyridine rings is 1. The monoisotopic (exact) mass is 277 g/mol. The van der Waals surface area contributed by atoms with Crippen LogP contribution in [-0.2, 0) is 0 Å². The molecule has 0 bridgehead atoms. The summed E-state index contributed by atoms with van der Waals surface area (Å²) >= 11 is 11.9. The molecule has 0 radical (unpaired) electrons. The summed E-state index contributed by atoms with van der Waals surface area (Å²) in [5.41, 5.74) is 2.24. The van der Waals surface area contributed by atoms with E-state index in [0.717, 1.165) is 11.3 Å². The van der Waals surface area contributed by atoms with Crippen molar-refractivity contribution in [2.24, 2.45) is 0 Å². The van der Waals surface area contributed by atoms with E-state index in [1.54, 1.807) is 6.07 Å². The second-order valence-electron chi connectivity index (χ2n) is 3.78. The van der Waals surface area contributed by atoms with E-state index in [0.29, 0.717) is 16.4 Å². The first-order valence-electron chi connectivity index (χ1n) is 5.19. The van der Waals surface area contributed by atoms with E-state index in [1.807, 2.05) is 31.2 Å². The first-order valence-corrected chi connectivity index (χ1v) is 5.95. The third-order valence-electron chi connectivity index (χ3n) is 2.31. The Morgan fingerprint density at radius 3 is 2.67 bits per heavy atom. The Morgan fingerprint density at radius 2 is 2.00 bits per heavy atom. The maximum absolute atomic E-state index is 8.85. The second-order valence-corrected chi connectivity index (χ2v) is 4.58. The quantitative estimate of drug-likeness (QED) is 0.832. The fourth-order valence-corrected chi connectivity index (χ4v) is 1.98. The Labute approximate surface area is 115 Å². The van der Waals surface area contributed by atoms with Gasteiger partial charge in [-0.25, -0.2) is 4.98 Å². The van der Waals surface area contributed by atoms with Crippen molar-refractivity contribution in [1.82, 2.24) is 4.98 Å². The van der Waals surface area contributed by atoms with Gasteiger partial charge in [0.05, 0.1) is 22.3 Å². The normalized spacial score (nSPS) is 9.89. The van der Waals surface area contributed by atoms with Crippen LogP contribution in [0.4, 0.5) is 11.5 Å². The van der Waals surface area contributed by atoms with Crippen molar-refractivity contribution in [2.45, 2.75) is 6.92 Å². The maximum Gasteiger partial charge on any atom is 0.133 e. The lowest BCUT2D eigenvalue weighted by Gasteiger charge is -2.08. The van der Waals surface area contributed by atoms with Crippen LogP contribution in [0.1, 0.15) is 11.1 Å². The van der Waals surface area contributed by atoms with Gasteiger partial charge >= 0.3 is 0 Å². The number of nitrogens with zero attached hydrogens (tertiary/aromatic N) is 2. The molecular weight excluding hydrogens is 269 g/mol. The van der Waals surface area contributed by atoms with Crippen LogP contribution in [0.2, 0.25) is 10.2 Å². The second kappa shape index (κ2) is 5.26. The molecule has 2 aromatic rings. The average Bonchev–Trinajstić information content (AvgIpc) is 2.32. The third-order valence-corrected chi connectivity index (χ3v) is 2.82. The fraction of sp³-hybridized carbons (Fsp3) is 0.0769. The van der Waals surface area contributed by atoms with Gasteiger partial charge in [-0.1, -0.05) is 29.3 Å². The Bertz CT molecular complexity index is 633. The SMILES string of the molecule is Cc1ccc(Nc2cc(C#N)cc(Cl)n2)c(Cl)c1. The number of hydrogen-bond acceptors (Lipinski definition) is 3. The van der Waals surface area contributed by atoms with Crippen molar-refractivity contribution in [3.05, 3.63) is 51.6 Å². The van der Waals surface area contributed by atoms with Crippen molar-refractivity contribution in [2.75, 3.05) is 5.32 Å². The van der Waals surface area contributed by atoms with Crippen LogP contribution in [0, 0.1) is 18.3 Å². The van der Waals surface area contributed by atoms with Crippen LogP contribution in [0.15, 0.2) is 30.3 Å². The van der Waals surface area contributed by atoms with E-state index >= 15 is 0 Å². The zero-order valence-corrected chi connectivity index (χ0v) is 11.0. The molecule has 5 heteroatoms. The molecule has 3 nitrogen and oxygen atoms in total. The Morgan fingerprint density at radius 1 is 1.22 bits per heavy atom. The lowest BCUT2D eigenvalue weighted by atomic mass is 10.2. The predicted molar refractivity (Wildman–Crippen MR) is 73.4 cm³/mol. The number of aromatic nitrogens is 1. The van der Waals surface area contributed by atoms with Crippen LogP contribution >= 0.6 is 23.2 Å². The van der Waals surface area contributed by atoms with E-state index < -0.39 is 0 Å². The Kier molecular flexibility index (Phi) is 3.71. The molecule has 1 aromatic carbocycles. The van der Waals surface area contributed by atoms with Gasteiger partial charge < -0.3 is 5.32 Å². The Balaban J connectivity index is 2.34. The molecule has 0 atom stereocenters. The van der Waals surface area contributed by atoms with Crippen molar-refractivity contribution in [3.8, 4) is 6.07 Å². The number of nitrogens with one attached hydrogen (secondary N) is 1. The van der Waals surface area contributed by atoms with E-state index in [4.69, 9.17) is 28.5 Å². The van der Waals surface area contributed by atoms with E-state index in [9.17, 15) is 0 Å². The standard InChI is InChI=1S/C13H9Cl2N3/c1-8-2-3-11(10(14)4-8)17-13-6-9(7-16)5-12(15)18-13/h2-6H,1H3,(H,17,18). The van der Waals surface area contributed by atoms with Crippen LogP contribution in [0.5, 0.6) is 0 Å². The van der Waals surface area contributed by atoms with E-state index in [-0.39, 0.29) is 5.15 Å². The number of aryl methyl sites for hydroxylation is 1. The topological polar surface area (TPSA) is 48.7 Å². The highest BCUT2D eigenvalue weighted by molar-refractivity contribution is 6.33. The highest BCUT2D eigenvalue weighted by Crippen LogP contribution is 2.26. The van der Waals surface area contributed by atoms with Gasteiger partial charge in [0.2, 0.25) is 0 Å². The zero-order valence-electron chi connectivity index (χ0n) is 9.54. The molecule has 2 rings (SSSR count). The molecule has 0 spiro atoms. The van der Waals surface area contributed by atoms with Gasteiger partial charge in [-0.15, -0.1) is 0 Å². The molecular formula is C13H9Cl2N3. The molecule has 0 aliphatic carbocycles. The van der Waals surface area contributed by atoms with Gasteiger partial charge in [-0.05, 0) is 36.8 Å². The number of hydrogen-bond donors (Lipinski definition) is 1. The molecule has 0 saturated heterocycles. The van der Waals surface area contributed by atoms with E-state index in [2.05, 4.69) is 10.3 Å². The van der Waals surface area contributed by atoms with Crippen molar-refractivity contribution in [3.63, 3.8) is 0 Å². The van der Waals surface area contributed by atoms with Crippen LogP contribution in [-0.4, -0.2) is 4.98 Å². The summed E-state index contributed by atoms with van der Waals surface area (Å²) in [5, 5.41) is 12.7. The minimum absolute atomic E-state index is 0.264. The van der Waals surface area contributed by atoms with Gasteiger partial charge in [0.1, 0.15) is 11.0 Å². The highest BCUT2D eigenvalue weighted by Gasteiger charge is 2.04. The van der Waals surface area contributed by atoms with Gasteiger partial charge in [0.25, 0.3) is 0 Å². The fourth-order valence-electron chi connectivity index (χ4n) is 1.48. The molecule has 1 heterocycles. The van der Waals surface area contributed by atoms with Gasteiger partial charge in [0.15, 0.2) is 0 Å². The Hall–Kier alpha value is -1.76. The van der Waals surface area contributed by atoms with Gasteiger partial charge in [-0.3, -0.25) is 0 Å². The zero-order chi connectivity index (χ0) is 13.1. The summed E-state index contributed by atoms with van der Waals surface area (Å²) in [7, 11) is 0. The average molecular weight is 278 g/mol. The summed E-state index contributed by atoms with van der Waals surface area (Å²) < 4.78 is 0. The molecule has 18 heavy (non-hydrogen) atoms. The number of rotatable bonds is 2. The van der Waals surface area contributed by atoms with E-state index in [1.165, 1.54) is 6.07 Å². The molecule has 0 unspecified atom stereocenters. The van der Waals surface area contributed by atoms with Crippen molar-refractivity contribution < 1.29 is 0 Å². The smallest absolute Gasteiger partial charge is 0.133 e. The number of halogens is 2. The molecule has 1 N–H and O–H groups in total. The van der Waals surface area contributed by atoms with Crippen molar-refractivity contribution in [1.29, 1.82) is 5.26 Å². The maximum atomic E-state index is 8.85. The molecule has 0 aliphatic rings. The first-order chi connectivity index (χ1) is 8.58. The van der Waals surface area contributed by atoms with Crippen LogP contribution in [0.25, 0.3) is 0 Å². The minimum Gasteiger partial charge on any atom is -0.339 e. The molecule has 0 saturated carbocycles. The largest absolute Gasteiger partial charge is 0.339 e. The molecule has 0 aliphatic heterocycles.